The van der Waals surface area contributed by atoms with Gasteiger partial charge in [-0.15, -0.1) is 0 Å². The molecule has 1 heterocycles. The van der Waals surface area contributed by atoms with Gasteiger partial charge in [0.15, 0.2) is 0 Å². The van der Waals surface area contributed by atoms with E-state index in [2.05, 4.69) is 9.97 Å². The second kappa shape index (κ2) is 7.67. The van der Waals surface area contributed by atoms with E-state index in [1.54, 1.807) is 36.4 Å². The van der Waals surface area contributed by atoms with Crippen LogP contribution in [0.2, 0.25) is 5.02 Å². The molecular weight excluding hydrogens is 397 g/mol. The maximum absolute atomic E-state index is 13.9. The van der Waals surface area contributed by atoms with Crippen molar-refractivity contribution in [3.8, 4) is 11.1 Å². The van der Waals surface area contributed by atoms with Crippen molar-refractivity contribution in [2.75, 3.05) is 0 Å². The fourth-order valence-electron chi connectivity index (χ4n) is 2.96. The highest BCUT2D eigenvalue weighted by molar-refractivity contribution is 7.82. The molecule has 0 aliphatic heterocycles. The van der Waals surface area contributed by atoms with Gasteiger partial charge in [-0.3, -0.25) is 0 Å². The highest BCUT2D eigenvalue weighted by Crippen LogP contribution is 2.28. The first-order chi connectivity index (χ1) is 13.5. The Bertz CT molecular complexity index is 1240. The fraction of sp³-hybridized carbons (Fsp3) is 0. The minimum absolute atomic E-state index is 0.351. The molecule has 4 rings (SSSR count). The molecule has 4 aromatic rings. The van der Waals surface area contributed by atoms with Gasteiger partial charge in [-0.05, 0) is 53.6 Å². The monoisotopic (exact) mass is 411 g/mol. The Morgan fingerprint density at radius 1 is 1.07 bits per heavy atom. The Labute approximate surface area is 168 Å². The smallest absolute Gasteiger partial charge is 0.131 e. The molecule has 1 unspecified atom stereocenters. The Hall–Kier alpha value is -2.80. The molecule has 140 valence electrons. The number of benzene rings is 3. The van der Waals surface area contributed by atoms with Crippen LogP contribution in [0.1, 0.15) is 11.4 Å². The molecule has 0 saturated carbocycles. The quantitative estimate of drug-likeness (QED) is 0.486. The SMILES string of the molecule is NS(=O)c1ccccc1-c1ccc2nc(/C=C/c3ccc(Cl)cc3F)[nH]c2c1. The summed E-state index contributed by atoms with van der Waals surface area (Å²) >= 11 is 5.77. The number of nitrogens with two attached hydrogens (primary N) is 1. The van der Waals surface area contributed by atoms with Crippen molar-refractivity contribution >= 4 is 45.8 Å². The van der Waals surface area contributed by atoms with Crippen LogP contribution in [0.5, 0.6) is 0 Å². The second-order valence-electron chi connectivity index (χ2n) is 6.15. The van der Waals surface area contributed by atoms with Crippen LogP contribution in [0.4, 0.5) is 4.39 Å². The van der Waals surface area contributed by atoms with Gasteiger partial charge in [0.05, 0.1) is 15.9 Å². The normalized spacial score (nSPS) is 12.7. The lowest BCUT2D eigenvalue weighted by Gasteiger charge is -2.06. The van der Waals surface area contributed by atoms with Gasteiger partial charge in [-0.25, -0.2) is 18.7 Å². The number of nitrogens with zero attached hydrogens (tertiary/aromatic N) is 1. The third kappa shape index (κ3) is 3.75. The average Bonchev–Trinajstić information content (AvgIpc) is 3.09. The number of hydrogen-bond acceptors (Lipinski definition) is 2. The van der Waals surface area contributed by atoms with Gasteiger partial charge in [0, 0.05) is 10.6 Å². The lowest BCUT2D eigenvalue weighted by molar-refractivity contribution is 0.625. The Morgan fingerprint density at radius 2 is 1.89 bits per heavy atom. The summed E-state index contributed by atoms with van der Waals surface area (Å²) in [5, 5.41) is 5.94. The van der Waals surface area contributed by atoms with E-state index in [1.165, 1.54) is 6.07 Å². The maximum Gasteiger partial charge on any atom is 0.131 e. The zero-order valence-electron chi connectivity index (χ0n) is 14.5. The summed E-state index contributed by atoms with van der Waals surface area (Å²) in [5.74, 6) is 0.200. The van der Waals surface area contributed by atoms with Crippen molar-refractivity contribution in [2.45, 2.75) is 4.90 Å². The van der Waals surface area contributed by atoms with Crippen LogP contribution in [0.15, 0.2) is 65.6 Å². The van der Waals surface area contributed by atoms with Crippen LogP contribution in [0.3, 0.4) is 0 Å². The van der Waals surface area contributed by atoms with Gasteiger partial charge in [-0.2, -0.15) is 0 Å². The molecule has 0 fully saturated rings. The first-order valence-electron chi connectivity index (χ1n) is 8.40. The first kappa shape index (κ1) is 18.6. The molecule has 1 atom stereocenters. The summed E-state index contributed by atoms with van der Waals surface area (Å²) in [6.07, 6.45) is 3.34. The molecular formula is C21H15ClFN3OS. The Balaban J connectivity index is 1.69. The molecule has 4 nitrogen and oxygen atoms in total. The molecule has 1 aromatic heterocycles. The third-order valence-electron chi connectivity index (χ3n) is 4.30. The number of nitrogens with one attached hydrogen (secondary N) is 1. The zero-order chi connectivity index (χ0) is 19.7. The van der Waals surface area contributed by atoms with E-state index >= 15 is 0 Å². The molecule has 3 aromatic carbocycles. The minimum Gasteiger partial charge on any atom is -0.338 e. The van der Waals surface area contributed by atoms with Crippen LogP contribution < -0.4 is 5.14 Å². The van der Waals surface area contributed by atoms with Gasteiger partial charge in [-0.1, -0.05) is 41.9 Å². The van der Waals surface area contributed by atoms with Crippen molar-refractivity contribution < 1.29 is 8.60 Å². The van der Waals surface area contributed by atoms with Crippen molar-refractivity contribution in [3.63, 3.8) is 0 Å². The molecule has 3 N–H and O–H groups in total. The van der Waals surface area contributed by atoms with E-state index in [0.29, 0.717) is 21.3 Å². The molecule has 7 heteroatoms. The van der Waals surface area contributed by atoms with Crippen molar-refractivity contribution in [1.82, 2.24) is 9.97 Å². The van der Waals surface area contributed by atoms with Crippen LogP contribution >= 0.6 is 11.6 Å². The van der Waals surface area contributed by atoms with Gasteiger partial charge < -0.3 is 4.98 Å². The molecule has 0 amide bonds. The number of fused-ring (bicyclic) bond motifs is 1. The summed E-state index contributed by atoms with van der Waals surface area (Å²) in [7, 11) is -1.58. The maximum atomic E-state index is 13.9. The summed E-state index contributed by atoms with van der Waals surface area (Å²) in [4.78, 5) is 8.26. The number of rotatable bonds is 4. The number of H-pyrrole nitrogens is 1. The molecule has 0 spiro atoms. The summed E-state index contributed by atoms with van der Waals surface area (Å²) in [5.41, 5.74) is 3.69. The lowest BCUT2D eigenvalue weighted by Crippen LogP contribution is -2.04. The predicted molar refractivity (Wildman–Crippen MR) is 112 cm³/mol. The Morgan fingerprint density at radius 3 is 2.68 bits per heavy atom. The standard InChI is InChI=1S/C21H15ClFN3OS/c22-15-8-5-13(17(23)12-15)7-10-21-25-18-9-6-14(11-19(18)26-21)16-3-1-2-4-20(16)28(24)27/h1-12H,24H2,(H,25,26)/b10-7+. The molecule has 0 saturated heterocycles. The molecule has 0 bridgehead atoms. The molecule has 0 radical (unpaired) electrons. The summed E-state index contributed by atoms with van der Waals surface area (Å²) < 4.78 is 25.7. The van der Waals surface area contributed by atoms with E-state index in [-0.39, 0.29) is 0 Å². The summed E-state index contributed by atoms with van der Waals surface area (Å²) in [6.45, 7) is 0. The predicted octanol–water partition coefficient (Wildman–Crippen LogP) is 5.17. The number of halogens is 2. The van der Waals surface area contributed by atoms with E-state index in [1.807, 2.05) is 30.3 Å². The molecule has 28 heavy (non-hydrogen) atoms. The van der Waals surface area contributed by atoms with E-state index < -0.39 is 16.8 Å². The number of aromatic amines is 1. The van der Waals surface area contributed by atoms with Crippen molar-refractivity contribution in [2.24, 2.45) is 5.14 Å². The molecule has 0 aliphatic rings. The van der Waals surface area contributed by atoms with Crippen molar-refractivity contribution in [3.05, 3.63) is 82.9 Å². The second-order valence-corrected chi connectivity index (χ2v) is 7.62. The molecule has 0 aliphatic carbocycles. The fourth-order valence-corrected chi connectivity index (χ4v) is 3.74. The van der Waals surface area contributed by atoms with Gasteiger partial charge >= 0.3 is 0 Å². The topological polar surface area (TPSA) is 71.8 Å². The largest absolute Gasteiger partial charge is 0.338 e. The van der Waals surface area contributed by atoms with Crippen LogP contribution in [0.25, 0.3) is 34.3 Å². The van der Waals surface area contributed by atoms with Gasteiger partial charge in [0.2, 0.25) is 0 Å². The number of imidazole rings is 1. The van der Waals surface area contributed by atoms with Crippen LogP contribution in [-0.4, -0.2) is 14.2 Å². The highest BCUT2D eigenvalue weighted by atomic mass is 35.5. The Kier molecular flexibility index (Phi) is 5.09. The lowest BCUT2D eigenvalue weighted by atomic mass is 10.1. The van der Waals surface area contributed by atoms with Crippen LogP contribution in [0, 0.1) is 5.82 Å². The zero-order valence-corrected chi connectivity index (χ0v) is 16.1. The third-order valence-corrected chi connectivity index (χ3v) is 5.32. The highest BCUT2D eigenvalue weighted by Gasteiger charge is 2.10. The van der Waals surface area contributed by atoms with E-state index in [0.717, 1.165) is 22.2 Å². The van der Waals surface area contributed by atoms with Crippen LogP contribution in [-0.2, 0) is 11.0 Å². The number of aromatic nitrogens is 2. The summed E-state index contributed by atoms with van der Waals surface area (Å²) in [6, 6.07) is 17.5. The van der Waals surface area contributed by atoms with Gasteiger partial charge in [0.25, 0.3) is 0 Å². The van der Waals surface area contributed by atoms with Gasteiger partial charge in [0.1, 0.15) is 22.6 Å². The minimum atomic E-state index is -1.58. The van der Waals surface area contributed by atoms with Crippen molar-refractivity contribution in [1.29, 1.82) is 0 Å². The van der Waals surface area contributed by atoms with E-state index in [9.17, 15) is 8.60 Å². The number of hydrogen-bond donors (Lipinski definition) is 2. The average molecular weight is 412 g/mol. The van der Waals surface area contributed by atoms with E-state index in [4.69, 9.17) is 16.7 Å². The first-order valence-corrected chi connectivity index (χ1v) is 9.99.